The lowest BCUT2D eigenvalue weighted by Gasteiger charge is -1.95. The topological polar surface area (TPSA) is 27.1 Å². The van der Waals surface area contributed by atoms with Crippen molar-refractivity contribution < 1.29 is 4.74 Å². The SMILES string of the molecule is C.C.CC.COCn1ccnc1. The van der Waals surface area contributed by atoms with Gasteiger partial charge in [0.2, 0.25) is 0 Å². The molecule has 0 bridgehead atoms. The van der Waals surface area contributed by atoms with Gasteiger partial charge in [0.15, 0.2) is 0 Å². The van der Waals surface area contributed by atoms with Crippen LogP contribution >= 0.6 is 0 Å². The van der Waals surface area contributed by atoms with E-state index in [2.05, 4.69) is 4.98 Å². The van der Waals surface area contributed by atoms with Crippen LogP contribution in [0.1, 0.15) is 28.7 Å². The smallest absolute Gasteiger partial charge is 0.123 e. The largest absolute Gasteiger partial charge is 0.364 e. The predicted molar refractivity (Wildman–Crippen MR) is 54.0 cm³/mol. The zero-order valence-corrected chi connectivity index (χ0v) is 6.74. The lowest BCUT2D eigenvalue weighted by atomic mass is 10.9. The molecule has 0 aromatic carbocycles. The second-order valence-corrected chi connectivity index (χ2v) is 1.49. The van der Waals surface area contributed by atoms with Crippen LogP contribution in [0.5, 0.6) is 0 Å². The predicted octanol–water partition coefficient (Wildman–Crippen LogP) is 2.79. The van der Waals surface area contributed by atoms with E-state index in [4.69, 9.17) is 4.74 Å². The summed E-state index contributed by atoms with van der Waals surface area (Å²) in [6.07, 6.45) is 5.28. The van der Waals surface area contributed by atoms with E-state index in [0.717, 1.165) is 0 Å². The van der Waals surface area contributed by atoms with Crippen molar-refractivity contribution >= 4 is 0 Å². The van der Waals surface area contributed by atoms with Gasteiger partial charge in [0, 0.05) is 19.5 Å². The first-order chi connectivity index (χ1) is 4.93. The van der Waals surface area contributed by atoms with Crippen molar-refractivity contribution in [1.82, 2.24) is 9.55 Å². The molecule has 0 unspecified atom stereocenters. The molecule has 1 heterocycles. The molecule has 0 radical (unpaired) electrons. The molecule has 74 valence electrons. The molecule has 1 aromatic heterocycles. The molecule has 0 aliphatic rings. The van der Waals surface area contributed by atoms with E-state index in [-0.39, 0.29) is 14.9 Å². The number of hydrogen-bond acceptors (Lipinski definition) is 2. The second kappa shape index (κ2) is 12.8. The minimum atomic E-state index is 0. The molecule has 1 aromatic rings. The fourth-order valence-electron chi connectivity index (χ4n) is 0.512. The van der Waals surface area contributed by atoms with E-state index in [1.54, 1.807) is 19.6 Å². The van der Waals surface area contributed by atoms with Gasteiger partial charge in [-0.1, -0.05) is 28.7 Å². The van der Waals surface area contributed by atoms with Crippen LogP contribution in [-0.2, 0) is 11.5 Å². The van der Waals surface area contributed by atoms with Gasteiger partial charge in [0.05, 0.1) is 6.33 Å². The Balaban J connectivity index is -0.000000189. The van der Waals surface area contributed by atoms with Crippen molar-refractivity contribution in [1.29, 1.82) is 0 Å². The number of aromatic nitrogens is 2. The Hall–Kier alpha value is -0.830. The van der Waals surface area contributed by atoms with Crippen molar-refractivity contribution in [3.8, 4) is 0 Å². The highest BCUT2D eigenvalue weighted by molar-refractivity contribution is 4.71. The van der Waals surface area contributed by atoms with E-state index < -0.39 is 0 Å². The van der Waals surface area contributed by atoms with Gasteiger partial charge in [0.25, 0.3) is 0 Å². The summed E-state index contributed by atoms with van der Waals surface area (Å²) < 4.78 is 6.66. The van der Waals surface area contributed by atoms with Crippen LogP contribution in [0.25, 0.3) is 0 Å². The fourth-order valence-corrected chi connectivity index (χ4v) is 0.512. The Labute approximate surface area is 76.4 Å². The first-order valence-corrected chi connectivity index (χ1v) is 3.38. The van der Waals surface area contributed by atoms with Gasteiger partial charge in [-0.2, -0.15) is 0 Å². The van der Waals surface area contributed by atoms with E-state index in [1.807, 2.05) is 24.6 Å². The summed E-state index contributed by atoms with van der Waals surface area (Å²) in [6, 6.07) is 0. The normalized spacial score (nSPS) is 6.92. The molecule has 12 heavy (non-hydrogen) atoms. The Morgan fingerprint density at radius 3 is 2.25 bits per heavy atom. The molecule has 0 spiro atoms. The number of rotatable bonds is 2. The molecule has 0 saturated heterocycles. The molecule has 0 aliphatic carbocycles. The molecule has 0 amide bonds. The standard InChI is InChI=1S/C5H8N2O.C2H6.2CH4/c1-8-5-7-3-2-6-4-7;1-2;;/h2-4H,5H2,1H3;1-2H3;2*1H4. The minimum Gasteiger partial charge on any atom is -0.364 e. The van der Waals surface area contributed by atoms with E-state index in [0.29, 0.717) is 6.73 Å². The lowest BCUT2D eigenvalue weighted by Crippen LogP contribution is -1.94. The maximum atomic E-state index is 4.81. The van der Waals surface area contributed by atoms with E-state index in [1.165, 1.54) is 0 Å². The van der Waals surface area contributed by atoms with Crippen LogP contribution in [0.15, 0.2) is 18.7 Å². The molecule has 0 saturated carbocycles. The third-order valence-electron chi connectivity index (χ3n) is 0.837. The highest BCUT2D eigenvalue weighted by Crippen LogP contribution is 1.83. The zero-order valence-electron chi connectivity index (χ0n) is 6.74. The van der Waals surface area contributed by atoms with Gasteiger partial charge < -0.3 is 9.30 Å². The Morgan fingerprint density at radius 2 is 1.92 bits per heavy atom. The average Bonchev–Trinajstić information content (AvgIpc) is 2.46. The highest BCUT2D eigenvalue weighted by Gasteiger charge is 1.81. The molecule has 3 nitrogen and oxygen atoms in total. The fraction of sp³-hybridized carbons (Fsp3) is 0.667. The van der Waals surface area contributed by atoms with Gasteiger partial charge in [-0.15, -0.1) is 0 Å². The van der Waals surface area contributed by atoms with Crippen molar-refractivity contribution in [3.63, 3.8) is 0 Å². The van der Waals surface area contributed by atoms with Crippen LogP contribution in [0.4, 0.5) is 0 Å². The van der Waals surface area contributed by atoms with E-state index >= 15 is 0 Å². The maximum Gasteiger partial charge on any atom is 0.123 e. The molecule has 0 fully saturated rings. The van der Waals surface area contributed by atoms with Gasteiger partial charge in [0.1, 0.15) is 6.73 Å². The number of imidazole rings is 1. The molecular formula is C9H22N2O. The number of nitrogens with zero attached hydrogens (tertiary/aromatic N) is 2. The first kappa shape index (κ1) is 17.3. The zero-order chi connectivity index (χ0) is 7.82. The molecule has 0 atom stereocenters. The van der Waals surface area contributed by atoms with Crippen LogP contribution in [0.3, 0.4) is 0 Å². The summed E-state index contributed by atoms with van der Waals surface area (Å²) >= 11 is 0. The van der Waals surface area contributed by atoms with Crippen LogP contribution in [-0.4, -0.2) is 16.7 Å². The average molecular weight is 174 g/mol. The Morgan fingerprint density at radius 1 is 1.33 bits per heavy atom. The third kappa shape index (κ3) is 7.28. The molecule has 3 heteroatoms. The van der Waals surface area contributed by atoms with Crippen LogP contribution in [0, 0.1) is 0 Å². The maximum absolute atomic E-state index is 4.81. The third-order valence-corrected chi connectivity index (χ3v) is 0.837. The van der Waals surface area contributed by atoms with Crippen molar-refractivity contribution in [3.05, 3.63) is 18.7 Å². The summed E-state index contributed by atoms with van der Waals surface area (Å²) in [5, 5.41) is 0. The second-order valence-electron chi connectivity index (χ2n) is 1.49. The molecular weight excluding hydrogens is 152 g/mol. The molecule has 0 N–H and O–H groups in total. The Bertz CT molecular complexity index is 138. The molecule has 1 rings (SSSR count). The minimum absolute atomic E-state index is 0. The first-order valence-electron chi connectivity index (χ1n) is 3.38. The molecule has 0 aliphatic heterocycles. The van der Waals surface area contributed by atoms with Gasteiger partial charge in [-0.3, -0.25) is 0 Å². The summed E-state index contributed by atoms with van der Waals surface area (Å²) in [5.41, 5.74) is 0. The Kier molecular flexibility index (Phi) is 18.5. The summed E-state index contributed by atoms with van der Waals surface area (Å²) in [5.74, 6) is 0. The van der Waals surface area contributed by atoms with Gasteiger partial charge in [-0.05, 0) is 0 Å². The monoisotopic (exact) mass is 174 g/mol. The number of hydrogen-bond donors (Lipinski definition) is 0. The van der Waals surface area contributed by atoms with Gasteiger partial charge in [-0.25, -0.2) is 4.98 Å². The van der Waals surface area contributed by atoms with Crippen molar-refractivity contribution in [2.24, 2.45) is 0 Å². The summed E-state index contributed by atoms with van der Waals surface area (Å²) in [6.45, 7) is 4.58. The summed E-state index contributed by atoms with van der Waals surface area (Å²) in [7, 11) is 1.65. The number of ether oxygens (including phenoxy) is 1. The quantitative estimate of drug-likeness (QED) is 0.689. The van der Waals surface area contributed by atoms with Crippen LogP contribution in [0.2, 0.25) is 0 Å². The van der Waals surface area contributed by atoms with E-state index in [9.17, 15) is 0 Å². The number of methoxy groups -OCH3 is 1. The highest BCUT2D eigenvalue weighted by atomic mass is 16.5. The van der Waals surface area contributed by atoms with Crippen molar-refractivity contribution in [2.45, 2.75) is 35.4 Å². The van der Waals surface area contributed by atoms with Gasteiger partial charge >= 0.3 is 0 Å². The van der Waals surface area contributed by atoms with Crippen molar-refractivity contribution in [2.75, 3.05) is 7.11 Å². The lowest BCUT2D eigenvalue weighted by molar-refractivity contribution is 0.131. The van der Waals surface area contributed by atoms with Crippen LogP contribution < -0.4 is 0 Å². The summed E-state index contributed by atoms with van der Waals surface area (Å²) in [4.78, 5) is 3.82.